The van der Waals surface area contributed by atoms with Crippen molar-refractivity contribution in [2.75, 3.05) is 26.3 Å². The van der Waals surface area contributed by atoms with Gasteiger partial charge in [-0.1, -0.05) is 0 Å². The second-order valence-electron chi connectivity index (χ2n) is 5.27. The van der Waals surface area contributed by atoms with Crippen LogP contribution < -0.4 is 0 Å². The van der Waals surface area contributed by atoms with Gasteiger partial charge in [0.15, 0.2) is 0 Å². The number of esters is 2. The Morgan fingerprint density at radius 3 is 1.53 bits per heavy atom. The van der Waals surface area contributed by atoms with Crippen LogP contribution in [0.2, 0.25) is 0 Å². The number of carbonyl (C=O) groups excluding carboxylic acids is 2. The molecule has 5 heteroatoms. The van der Waals surface area contributed by atoms with Crippen molar-refractivity contribution in [2.45, 2.75) is 53.0 Å². The monoisotopic (exact) mass is 273 g/mol. The Morgan fingerprint density at radius 2 is 1.26 bits per heavy atom. The number of nitrogens with zero attached hydrogens (tertiary/aromatic N) is 1. The number of hydrogen-bond acceptors (Lipinski definition) is 5. The van der Waals surface area contributed by atoms with Crippen LogP contribution in [0.25, 0.3) is 0 Å². The van der Waals surface area contributed by atoms with Gasteiger partial charge in [-0.05, 0) is 34.6 Å². The molecule has 0 aliphatic carbocycles. The summed E-state index contributed by atoms with van der Waals surface area (Å²) in [5.74, 6) is -0.402. The van der Waals surface area contributed by atoms with Crippen molar-refractivity contribution in [3.63, 3.8) is 0 Å². The van der Waals surface area contributed by atoms with Crippen LogP contribution in [0.1, 0.15) is 47.5 Å². The second kappa shape index (κ2) is 8.91. The zero-order valence-corrected chi connectivity index (χ0v) is 12.8. The highest BCUT2D eigenvalue weighted by Crippen LogP contribution is 2.14. The van der Waals surface area contributed by atoms with E-state index in [9.17, 15) is 9.59 Å². The third-order valence-corrected chi connectivity index (χ3v) is 2.73. The maximum absolute atomic E-state index is 11.4. The van der Waals surface area contributed by atoms with Gasteiger partial charge in [0, 0.05) is 18.6 Å². The fourth-order valence-corrected chi connectivity index (χ4v) is 1.70. The van der Waals surface area contributed by atoms with E-state index in [4.69, 9.17) is 9.47 Å². The molecule has 112 valence electrons. The molecule has 0 aromatic rings. The van der Waals surface area contributed by atoms with Crippen molar-refractivity contribution in [2.24, 2.45) is 0 Å². The predicted molar refractivity (Wildman–Crippen MR) is 73.8 cm³/mol. The average molecular weight is 273 g/mol. The average Bonchev–Trinajstić information content (AvgIpc) is 2.27. The highest BCUT2D eigenvalue weighted by molar-refractivity contribution is 5.70. The normalized spacial score (nSPS) is 11.5. The molecule has 0 unspecified atom stereocenters. The van der Waals surface area contributed by atoms with E-state index < -0.39 is 0 Å². The summed E-state index contributed by atoms with van der Waals surface area (Å²) in [6.45, 7) is 11.7. The zero-order chi connectivity index (χ0) is 14.9. The largest absolute Gasteiger partial charge is 0.466 e. The lowest BCUT2D eigenvalue weighted by Crippen LogP contribution is -2.43. The first-order valence-electron chi connectivity index (χ1n) is 6.87. The van der Waals surface area contributed by atoms with Crippen molar-refractivity contribution in [1.82, 2.24) is 4.90 Å². The van der Waals surface area contributed by atoms with Gasteiger partial charge in [0.1, 0.15) is 0 Å². The molecule has 5 nitrogen and oxygen atoms in total. The van der Waals surface area contributed by atoms with E-state index in [1.807, 2.05) is 0 Å². The number of ether oxygens (including phenoxy) is 2. The molecule has 0 aromatic heterocycles. The number of hydrogen-bond donors (Lipinski definition) is 0. The van der Waals surface area contributed by atoms with E-state index in [0.717, 1.165) is 0 Å². The Hall–Kier alpha value is -1.10. The minimum atomic E-state index is -0.201. The minimum Gasteiger partial charge on any atom is -0.466 e. The van der Waals surface area contributed by atoms with Gasteiger partial charge in [-0.2, -0.15) is 0 Å². The van der Waals surface area contributed by atoms with Crippen molar-refractivity contribution >= 4 is 11.9 Å². The van der Waals surface area contributed by atoms with Crippen LogP contribution in [0.3, 0.4) is 0 Å². The minimum absolute atomic E-state index is 0.0982. The van der Waals surface area contributed by atoms with Gasteiger partial charge in [-0.25, -0.2) is 0 Å². The molecule has 0 aliphatic rings. The second-order valence-corrected chi connectivity index (χ2v) is 5.27. The van der Waals surface area contributed by atoms with Crippen LogP contribution in [-0.4, -0.2) is 48.7 Å². The predicted octanol–water partition coefficient (Wildman–Crippen LogP) is 1.99. The Balaban J connectivity index is 4.25. The summed E-state index contributed by atoms with van der Waals surface area (Å²) in [7, 11) is 0. The first kappa shape index (κ1) is 17.9. The highest BCUT2D eigenvalue weighted by Gasteiger charge is 2.22. The lowest BCUT2D eigenvalue weighted by Gasteiger charge is -2.35. The van der Waals surface area contributed by atoms with E-state index in [0.29, 0.717) is 39.1 Å². The molecule has 0 amide bonds. The summed E-state index contributed by atoms with van der Waals surface area (Å²) in [5, 5.41) is 0. The fourth-order valence-electron chi connectivity index (χ4n) is 1.70. The standard InChI is InChI=1S/C14H27NO4/c1-6-18-12(16)8-10-15(14(3,4)5)11-9-13(17)19-7-2/h6-11H2,1-5H3. The highest BCUT2D eigenvalue weighted by atomic mass is 16.5. The summed E-state index contributed by atoms with van der Waals surface area (Å²) in [6, 6.07) is 0. The van der Waals surface area contributed by atoms with Gasteiger partial charge in [0.25, 0.3) is 0 Å². The molecule has 0 heterocycles. The SMILES string of the molecule is CCOC(=O)CCN(CCC(=O)OCC)C(C)(C)C. The topological polar surface area (TPSA) is 55.8 Å². The summed E-state index contributed by atoms with van der Waals surface area (Å²) < 4.78 is 9.82. The molecule has 0 saturated carbocycles. The molecule has 0 atom stereocenters. The van der Waals surface area contributed by atoms with Crippen LogP contribution in [-0.2, 0) is 19.1 Å². The molecule has 0 aromatic carbocycles. The Morgan fingerprint density at radius 1 is 0.895 bits per heavy atom. The summed E-state index contributed by atoms with van der Waals surface area (Å²) in [5.41, 5.74) is -0.0982. The fraction of sp³-hybridized carbons (Fsp3) is 0.857. The lowest BCUT2D eigenvalue weighted by atomic mass is 10.1. The van der Waals surface area contributed by atoms with E-state index in [2.05, 4.69) is 25.7 Å². The quantitative estimate of drug-likeness (QED) is 0.633. The van der Waals surface area contributed by atoms with Crippen LogP contribution in [0.15, 0.2) is 0 Å². The van der Waals surface area contributed by atoms with Crippen LogP contribution in [0.4, 0.5) is 0 Å². The van der Waals surface area contributed by atoms with E-state index in [-0.39, 0.29) is 17.5 Å². The number of rotatable bonds is 8. The van der Waals surface area contributed by atoms with Crippen LogP contribution in [0, 0.1) is 0 Å². The molecule has 19 heavy (non-hydrogen) atoms. The number of carbonyl (C=O) groups is 2. The molecule has 0 rings (SSSR count). The molecule has 0 N–H and O–H groups in total. The van der Waals surface area contributed by atoms with E-state index in [1.54, 1.807) is 13.8 Å². The Bertz CT molecular complexity index is 262. The summed E-state index contributed by atoms with van der Waals surface area (Å²) in [6.07, 6.45) is 0.682. The van der Waals surface area contributed by atoms with Crippen molar-refractivity contribution in [3.05, 3.63) is 0 Å². The first-order chi connectivity index (χ1) is 8.81. The summed E-state index contributed by atoms with van der Waals surface area (Å²) in [4.78, 5) is 24.8. The third-order valence-electron chi connectivity index (χ3n) is 2.73. The van der Waals surface area contributed by atoms with Gasteiger partial charge < -0.3 is 9.47 Å². The van der Waals surface area contributed by atoms with E-state index in [1.165, 1.54) is 0 Å². The van der Waals surface area contributed by atoms with Gasteiger partial charge in [-0.3, -0.25) is 14.5 Å². The summed E-state index contributed by atoms with van der Waals surface area (Å²) >= 11 is 0. The van der Waals surface area contributed by atoms with Crippen molar-refractivity contribution < 1.29 is 19.1 Å². The molecule has 0 saturated heterocycles. The van der Waals surface area contributed by atoms with Crippen molar-refractivity contribution in [3.8, 4) is 0 Å². The smallest absolute Gasteiger partial charge is 0.307 e. The third kappa shape index (κ3) is 8.59. The maximum Gasteiger partial charge on any atom is 0.307 e. The molecule has 0 fully saturated rings. The Kier molecular flexibility index (Phi) is 8.39. The molecular weight excluding hydrogens is 246 g/mol. The van der Waals surface area contributed by atoms with Gasteiger partial charge in [0.05, 0.1) is 26.1 Å². The zero-order valence-electron chi connectivity index (χ0n) is 12.8. The molecular formula is C14H27NO4. The van der Waals surface area contributed by atoms with Gasteiger partial charge in [-0.15, -0.1) is 0 Å². The van der Waals surface area contributed by atoms with Gasteiger partial charge >= 0.3 is 11.9 Å². The lowest BCUT2D eigenvalue weighted by molar-refractivity contribution is -0.144. The first-order valence-corrected chi connectivity index (χ1v) is 6.87. The van der Waals surface area contributed by atoms with Crippen molar-refractivity contribution in [1.29, 1.82) is 0 Å². The Labute approximate surface area is 116 Å². The van der Waals surface area contributed by atoms with Crippen LogP contribution in [0.5, 0.6) is 0 Å². The maximum atomic E-state index is 11.4. The molecule has 0 spiro atoms. The van der Waals surface area contributed by atoms with Crippen LogP contribution >= 0.6 is 0 Å². The molecule has 0 bridgehead atoms. The molecule has 0 radical (unpaired) electrons. The van der Waals surface area contributed by atoms with Gasteiger partial charge in [0.2, 0.25) is 0 Å². The molecule has 0 aliphatic heterocycles. The van der Waals surface area contributed by atoms with E-state index >= 15 is 0 Å².